The minimum Gasteiger partial charge on any atom is -0.339 e. The van der Waals surface area contributed by atoms with E-state index in [9.17, 15) is 14.0 Å². The highest BCUT2D eigenvalue weighted by Crippen LogP contribution is 2.26. The number of nitrogens with zero attached hydrogens (tertiary/aromatic N) is 3. The van der Waals surface area contributed by atoms with E-state index in [-0.39, 0.29) is 23.8 Å². The molecule has 0 saturated carbocycles. The molecule has 0 aromatic carbocycles. The van der Waals surface area contributed by atoms with Crippen LogP contribution in [0.5, 0.6) is 0 Å². The van der Waals surface area contributed by atoms with Gasteiger partial charge >= 0.3 is 0 Å². The van der Waals surface area contributed by atoms with Gasteiger partial charge in [-0.05, 0) is 26.7 Å². The number of nitrogens with one attached hydrogen (secondary N) is 1. The van der Waals surface area contributed by atoms with E-state index < -0.39 is 6.67 Å². The van der Waals surface area contributed by atoms with Crippen LogP contribution < -0.4 is 0 Å². The van der Waals surface area contributed by atoms with Crippen LogP contribution in [0, 0.1) is 19.8 Å². The number of alkyl halides is 1. The highest BCUT2D eigenvalue weighted by atomic mass is 19.1. The SMILES string of the molecule is Cc1n[nH]c(C)c1C(=O)N1CCC(N2CC(CF)CC2=O)CC1. The lowest BCUT2D eigenvalue weighted by Gasteiger charge is -2.37. The second-order valence-corrected chi connectivity index (χ2v) is 6.60. The highest BCUT2D eigenvalue weighted by molar-refractivity contribution is 5.96. The zero-order valence-corrected chi connectivity index (χ0v) is 13.6. The van der Waals surface area contributed by atoms with Gasteiger partial charge in [0.05, 0.1) is 17.9 Å². The van der Waals surface area contributed by atoms with Crippen LogP contribution in [0.4, 0.5) is 4.39 Å². The zero-order valence-electron chi connectivity index (χ0n) is 13.6. The van der Waals surface area contributed by atoms with Gasteiger partial charge in [0.1, 0.15) is 0 Å². The minimum absolute atomic E-state index is 0.00147. The van der Waals surface area contributed by atoms with Gasteiger partial charge in [0, 0.05) is 43.7 Å². The summed E-state index contributed by atoms with van der Waals surface area (Å²) in [6, 6.07) is 0.134. The Balaban J connectivity index is 1.61. The van der Waals surface area contributed by atoms with Gasteiger partial charge in [-0.2, -0.15) is 5.10 Å². The van der Waals surface area contributed by atoms with Crippen LogP contribution in [-0.4, -0.2) is 64.2 Å². The van der Waals surface area contributed by atoms with Crippen molar-refractivity contribution in [3.8, 4) is 0 Å². The van der Waals surface area contributed by atoms with Crippen LogP contribution in [0.25, 0.3) is 0 Å². The Morgan fingerprint density at radius 2 is 2.04 bits per heavy atom. The van der Waals surface area contributed by atoms with Gasteiger partial charge in [-0.3, -0.25) is 19.1 Å². The number of piperidine rings is 1. The van der Waals surface area contributed by atoms with Crippen molar-refractivity contribution in [2.24, 2.45) is 5.92 Å². The molecule has 2 fully saturated rings. The van der Waals surface area contributed by atoms with E-state index in [0.717, 1.165) is 24.2 Å². The molecule has 1 unspecified atom stereocenters. The Morgan fingerprint density at radius 3 is 2.57 bits per heavy atom. The molecule has 0 radical (unpaired) electrons. The maximum absolute atomic E-state index is 12.8. The molecule has 6 nitrogen and oxygen atoms in total. The molecule has 1 aromatic rings. The molecule has 2 saturated heterocycles. The van der Waals surface area contributed by atoms with Crippen LogP contribution >= 0.6 is 0 Å². The fraction of sp³-hybridized carbons (Fsp3) is 0.688. The predicted molar refractivity (Wildman–Crippen MR) is 82.8 cm³/mol. The van der Waals surface area contributed by atoms with Crippen molar-refractivity contribution in [3.63, 3.8) is 0 Å². The molecule has 0 bridgehead atoms. The summed E-state index contributed by atoms with van der Waals surface area (Å²) in [5.41, 5.74) is 2.16. The van der Waals surface area contributed by atoms with E-state index in [1.54, 1.807) is 0 Å². The Hall–Kier alpha value is -1.92. The number of carbonyl (C=O) groups excluding carboxylic acids is 2. The molecule has 2 amide bonds. The number of aryl methyl sites for hydroxylation is 2. The van der Waals surface area contributed by atoms with E-state index >= 15 is 0 Å². The summed E-state index contributed by atoms with van der Waals surface area (Å²) < 4.78 is 12.8. The molecule has 2 aliphatic heterocycles. The summed E-state index contributed by atoms with van der Waals surface area (Å²) >= 11 is 0. The fourth-order valence-corrected chi connectivity index (χ4v) is 3.67. The number of hydrogen-bond acceptors (Lipinski definition) is 3. The van der Waals surface area contributed by atoms with E-state index in [1.165, 1.54) is 0 Å². The van der Waals surface area contributed by atoms with E-state index in [4.69, 9.17) is 0 Å². The Bertz CT molecular complexity index is 588. The van der Waals surface area contributed by atoms with Crippen molar-refractivity contribution in [1.82, 2.24) is 20.0 Å². The van der Waals surface area contributed by atoms with Crippen molar-refractivity contribution >= 4 is 11.8 Å². The lowest BCUT2D eigenvalue weighted by Crippen LogP contribution is -2.47. The summed E-state index contributed by atoms with van der Waals surface area (Å²) in [6.45, 7) is 5.01. The number of carbonyl (C=O) groups is 2. The molecule has 3 heterocycles. The quantitative estimate of drug-likeness (QED) is 0.916. The van der Waals surface area contributed by atoms with Gasteiger partial charge in [-0.1, -0.05) is 0 Å². The topological polar surface area (TPSA) is 69.3 Å². The fourth-order valence-electron chi connectivity index (χ4n) is 3.67. The van der Waals surface area contributed by atoms with Crippen LogP contribution in [-0.2, 0) is 4.79 Å². The average Bonchev–Trinajstić information content (AvgIpc) is 3.09. The monoisotopic (exact) mass is 322 g/mol. The van der Waals surface area contributed by atoms with Gasteiger partial charge in [0.15, 0.2) is 0 Å². The molecule has 0 spiro atoms. The molecular weight excluding hydrogens is 299 g/mol. The molecule has 126 valence electrons. The van der Waals surface area contributed by atoms with Crippen molar-refractivity contribution in [2.45, 2.75) is 39.2 Å². The van der Waals surface area contributed by atoms with Crippen LogP contribution in [0.15, 0.2) is 0 Å². The van der Waals surface area contributed by atoms with E-state index in [2.05, 4.69) is 10.2 Å². The predicted octanol–water partition coefficient (Wildman–Crippen LogP) is 1.45. The third kappa shape index (κ3) is 2.96. The Labute approximate surface area is 135 Å². The van der Waals surface area contributed by atoms with Gasteiger partial charge in [-0.25, -0.2) is 0 Å². The molecule has 1 aromatic heterocycles. The number of aromatic nitrogens is 2. The zero-order chi connectivity index (χ0) is 16.6. The standard InChI is InChI=1S/C16H23FN4O2/c1-10-15(11(2)19-18-10)16(23)20-5-3-13(4-6-20)21-9-12(8-17)7-14(21)22/h12-13H,3-9H2,1-2H3,(H,18,19). The van der Waals surface area contributed by atoms with Gasteiger partial charge in [0.25, 0.3) is 5.91 Å². The number of rotatable bonds is 3. The maximum atomic E-state index is 12.8. The Morgan fingerprint density at radius 1 is 1.35 bits per heavy atom. The smallest absolute Gasteiger partial charge is 0.257 e. The third-order valence-corrected chi connectivity index (χ3v) is 4.99. The van der Waals surface area contributed by atoms with Crippen molar-refractivity contribution in [2.75, 3.05) is 26.3 Å². The van der Waals surface area contributed by atoms with E-state index in [1.807, 2.05) is 23.6 Å². The van der Waals surface area contributed by atoms with Crippen LogP contribution in [0.2, 0.25) is 0 Å². The number of aromatic amines is 1. The number of likely N-dealkylation sites (tertiary alicyclic amines) is 2. The highest BCUT2D eigenvalue weighted by Gasteiger charge is 2.36. The number of halogens is 1. The first-order valence-electron chi connectivity index (χ1n) is 8.17. The molecule has 2 aliphatic rings. The molecule has 7 heteroatoms. The van der Waals surface area contributed by atoms with Gasteiger partial charge in [0.2, 0.25) is 5.91 Å². The van der Waals surface area contributed by atoms with Crippen molar-refractivity contribution in [3.05, 3.63) is 17.0 Å². The van der Waals surface area contributed by atoms with Gasteiger partial charge < -0.3 is 9.80 Å². The lowest BCUT2D eigenvalue weighted by molar-refractivity contribution is -0.130. The Kier molecular flexibility index (Phi) is 4.37. The van der Waals surface area contributed by atoms with Gasteiger partial charge in [-0.15, -0.1) is 0 Å². The first kappa shape index (κ1) is 16.0. The molecule has 3 rings (SSSR count). The summed E-state index contributed by atoms with van der Waals surface area (Å²) in [5.74, 6) is -0.0982. The average molecular weight is 322 g/mol. The number of amides is 2. The molecule has 23 heavy (non-hydrogen) atoms. The summed E-state index contributed by atoms with van der Waals surface area (Å²) in [5, 5.41) is 6.92. The summed E-state index contributed by atoms with van der Waals surface area (Å²) in [4.78, 5) is 28.3. The summed E-state index contributed by atoms with van der Waals surface area (Å²) in [6.07, 6.45) is 1.84. The number of H-pyrrole nitrogens is 1. The first-order chi connectivity index (χ1) is 11.0. The molecule has 0 aliphatic carbocycles. The van der Waals surface area contributed by atoms with Crippen LogP contribution in [0.3, 0.4) is 0 Å². The first-order valence-corrected chi connectivity index (χ1v) is 8.17. The van der Waals surface area contributed by atoms with E-state index in [0.29, 0.717) is 31.6 Å². The molecule has 1 N–H and O–H groups in total. The second-order valence-electron chi connectivity index (χ2n) is 6.60. The van der Waals surface area contributed by atoms with Crippen molar-refractivity contribution in [1.29, 1.82) is 0 Å². The summed E-state index contributed by atoms with van der Waals surface area (Å²) in [7, 11) is 0. The normalized spacial score (nSPS) is 22.9. The lowest BCUT2D eigenvalue weighted by atomic mass is 10.0. The largest absolute Gasteiger partial charge is 0.339 e. The van der Waals surface area contributed by atoms with Crippen LogP contribution in [0.1, 0.15) is 41.0 Å². The second kappa shape index (κ2) is 6.29. The minimum atomic E-state index is -0.432. The third-order valence-electron chi connectivity index (χ3n) is 4.99. The molecular formula is C16H23FN4O2. The number of hydrogen-bond donors (Lipinski definition) is 1. The molecule has 1 atom stereocenters. The maximum Gasteiger partial charge on any atom is 0.257 e. The van der Waals surface area contributed by atoms with Crippen molar-refractivity contribution < 1.29 is 14.0 Å².